The third-order valence-electron chi connectivity index (χ3n) is 3.88. The van der Waals surface area contributed by atoms with Crippen LogP contribution in [0.25, 0.3) is 0 Å². The van der Waals surface area contributed by atoms with Crippen molar-refractivity contribution in [2.24, 2.45) is 0 Å². The zero-order valence-electron chi connectivity index (χ0n) is 13.1. The highest BCUT2D eigenvalue weighted by Gasteiger charge is 2.22. The first-order valence-electron chi connectivity index (χ1n) is 7.71. The number of hydrogen-bond donors (Lipinski definition) is 1. The predicted molar refractivity (Wildman–Crippen MR) is 88.6 cm³/mol. The third kappa shape index (κ3) is 3.47. The van der Waals surface area contributed by atoms with Crippen molar-refractivity contribution >= 4 is 11.6 Å². The van der Waals surface area contributed by atoms with Gasteiger partial charge in [0.1, 0.15) is 0 Å². The number of piperidine rings is 1. The molecule has 1 aromatic heterocycles. The number of hydrogen-bond acceptors (Lipinski definition) is 5. The SMILES string of the molecule is COc1cc(C)nc(N2CCCC(Nc3ccccc3)C2)n1. The van der Waals surface area contributed by atoms with Gasteiger partial charge in [-0.25, -0.2) is 4.98 Å². The summed E-state index contributed by atoms with van der Waals surface area (Å²) in [6.45, 7) is 3.86. The lowest BCUT2D eigenvalue weighted by Gasteiger charge is -2.33. The fourth-order valence-electron chi connectivity index (χ4n) is 2.82. The molecule has 1 atom stereocenters. The summed E-state index contributed by atoms with van der Waals surface area (Å²) < 4.78 is 5.26. The number of methoxy groups -OCH3 is 1. The molecule has 2 aromatic rings. The summed E-state index contributed by atoms with van der Waals surface area (Å²) in [4.78, 5) is 11.3. The molecule has 22 heavy (non-hydrogen) atoms. The molecular formula is C17H22N4O. The number of aromatic nitrogens is 2. The summed E-state index contributed by atoms with van der Waals surface area (Å²) in [5.41, 5.74) is 2.09. The molecule has 3 rings (SSSR count). The second-order valence-corrected chi connectivity index (χ2v) is 5.65. The highest BCUT2D eigenvalue weighted by molar-refractivity contribution is 5.45. The van der Waals surface area contributed by atoms with Crippen LogP contribution in [0.5, 0.6) is 5.88 Å². The molecule has 0 saturated carbocycles. The summed E-state index contributed by atoms with van der Waals surface area (Å²) in [6, 6.07) is 12.6. The van der Waals surface area contributed by atoms with Gasteiger partial charge in [0.25, 0.3) is 0 Å². The zero-order chi connectivity index (χ0) is 15.4. The predicted octanol–water partition coefficient (Wildman–Crippen LogP) is 2.87. The van der Waals surface area contributed by atoms with E-state index < -0.39 is 0 Å². The van der Waals surface area contributed by atoms with Crippen LogP contribution in [-0.4, -0.2) is 36.2 Å². The van der Waals surface area contributed by atoms with Crippen LogP contribution in [-0.2, 0) is 0 Å². The number of nitrogens with zero attached hydrogens (tertiary/aromatic N) is 3. The monoisotopic (exact) mass is 298 g/mol. The Morgan fingerprint density at radius 3 is 2.82 bits per heavy atom. The van der Waals surface area contributed by atoms with E-state index in [2.05, 4.69) is 44.5 Å². The van der Waals surface area contributed by atoms with Crippen molar-refractivity contribution in [1.82, 2.24) is 9.97 Å². The van der Waals surface area contributed by atoms with Gasteiger partial charge >= 0.3 is 0 Å². The number of para-hydroxylation sites is 1. The van der Waals surface area contributed by atoms with Gasteiger partial charge in [-0.05, 0) is 31.9 Å². The largest absolute Gasteiger partial charge is 0.481 e. The average Bonchev–Trinajstić information content (AvgIpc) is 2.55. The molecule has 1 N–H and O–H groups in total. The molecule has 1 aliphatic rings. The van der Waals surface area contributed by atoms with Crippen LogP contribution < -0.4 is 15.0 Å². The van der Waals surface area contributed by atoms with Crippen LogP contribution in [0, 0.1) is 6.92 Å². The van der Waals surface area contributed by atoms with Gasteiger partial charge < -0.3 is 15.0 Å². The van der Waals surface area contributed by atoms with Crippen molar-refractivity contribution in [2.45, 2.75) is 25.8 Å². The van der Waals surface area contributed by atoms with Gasteiger partial charge in [-0.2, -0.15) is 4.98 Å². The zero-order valence-corrected chi connectivity index (χ0v) is 13.1. The van der Waals surface area contributed by atoms with Crippen LogP contribution in [0.2, 0.25) is 0 Å². The van der Waals surface area contributed by atoms with Gasteiger partial charge in [0.15, 0.2) is 0 Å². The lowest BCUT2D eigenvalue weighted by Crippen LogP contribution is -2.43. The molecule has 1 unspecified atom stereocenters. The molecule has 0 radical (unpaired) electrons. The summed E-state index contributed by atoms with van der Waals surface area (Å²) in [5.74, 6) is 1.39. The average molecular weight is 298 g/mol. The molecular weight excluding hydrogens is 276 g/mol. The Morgan fingerprint density at radius 2 is 2.05 bits per heavy atom. The van der Waals surface area contributed by atoms with E-state index in [0.717, 1.165) is 43.3 Å². The molecule has 0 spiro atoms. The van der Waals surface area contributed by atoms with Crippen molar-refractivity contribution in [3.05, 3.63) is 42.1 Å². The van der Waals surface area contributed by atoms with Gasteiger partial charge in [-0.3, -0.25) is 0 Å². The minimum absolute atomic E-state index is 0.409. The highest BCUT2D eigenvalue weighted by atomic mass is 16.5. The minimum Gasteiger partial charge on any atom is -0.481 e. The first-order chi connectivity index (χ1) is 10.7. The van der Waals surface area contributed by atoms with E-state index in [9.17, 15) is 0 Å². The second kappa shape index (κ2) is 6.64. The molecule has 2 heterocycles. The number of ether oxygens (including phenoxy) is 1. The Balaban J connectivity index is 1.71. The van der Waals surface area contributed by atoms with Gasteiger partial charge in [0, 0.05) is 36.6 Å². The van der Waals surface area contributed by atoms with Crippen molar-refractivity contribution in [2.75, 3.05) is 30.4 Å². The molecule has 116 valence electrons. The molecule has 0 aliphatic carbocycles. The first-order valence-corrected chi connectivity index (χ1v) is 7.71. The standard InChI is InChI=1S/C17H22N4O/c1-13-11-16(22-2)20-17(18-13)21-10-6-9-15(12-21)19-14-7-4-3-5-8-14/h3-5,7-8,11,15,19H,6,9-10,12H2,1-2H3. The quantitative estimate of drug-likeness (QED) is 0.940. The van der Waals surface area contributed by atoms with E-state index in [4.69, 9.17) is 4.74 Å². The minimum atomic E-state index is 0.409. The second-order valence-electron chi connectivity index (χ2n) is 5.65. The number of benzene rings is 1. The molecule has 1 aliphatic heterocycles. The molecule has 0 amide bonds. The van der Waals surface area contributed by atoms with Crippen LogP contribution in [0.1, 0.15) is 18.5 Å². The Bertz CT molecular complexity index is 617. The summed E-state index contributed by atoms with van der Waals surface area (Å²) in [5, 5.41) is 3.60. The number of nitrogens with one attached hydrogen (secondary N) is 1. The van der Waals surface area contributed by atoms with E-state index in [1.807, 2.05) is 19.1 Å². The van der Waals surface area contributed by atoms with Crippen molar-refractivity contribution in [3.8, 4) is 5.88 Å². The molecule has 0 bridgehead atoms. The van der Waals surface area contributed by atoms with E-state index >= 15 is 0 Å². The third-order valence-corrected chi connectivity index (χ3v) is 3.88. The lowest BCUT2D eigenvalue weighted by molar-refractivity contribution is 0.395. The van der Waals surface area contributed by atoms with Crippen LogP contribution in [0.3, 0.4) is 0 Å². The molecule has 1 fully saturated rings. The van der Waals surface area contributed by atoms with E-state index in [-0.39, 0.29) is 0 Å². The topological polar surface area (TPSA) is 50.3 Å². The highest BCUT2D eigenvalue weighted by Crippen LogP contribution is 2.21. The maximum absolute atomic E-state index is 5.26. The van der Waals surface area contributed by atoms with Gasteiger partial charge in [0.05, 0.1) is 7.11 Å². The molecule has 5 heteroatoms. The smallest absolute Gasteiger partial charge is 0.228 e. The molecule has 5 nitrogen and oxygen atoms in total. The van der Waals surface area contributed by atoms with E-state index in [0.29, 0.717) is 11.9 Å². The summed E-state index contributed by atoms with van der Waals surface area (Å²) >= 11 is 0. The van der Waals surface area contributed by atoms with E-state index in [1.165, 1.54) is 0 Å². The maximum atomic E-state index is 5.26. The number of rotatable bonds is 4. The lowest BCUT2D eigenvalue weighted by atomic mass is 10.1. The van der Waals surface area contributed by atoms with Crippen molar-refractivity contribution < 1.29 is 4.74 Å². The fraction of sp³-hybridized carbons (Fsp3) is 0.412. The summed E-state index contributed by atoms with van der Waals surface area (Å²) in [6.07, 6.45) is 2.29. The van der Waals surface area contributed by atoms with Gasteiger partial charge in [-0.1, -0.05) is 18.2 Å². The number of anilines is 2. The Labute approximate surface area is 131 Å². The summed E-state index contributed by atoms with van der Waals surface area (Å²) in [7, 11) is 1.64. The first kappa shape index (κ1) is 14.6. The van der Waals surface area contributed by atoms with Crippen LogP contribution in [0.15, 0.2) is 36.4 Å². The number of aryl methyl sites for hydroxylation is 1. The normalized spacial score (nSPS) is 18.1. The molecule has 1 aromatic carbocycles. The Kier molecular flexibility index (Phi) is 4.42. The molecule has 1 saturated heterocycles. The maximum Gasteiger partial charge on any atom is 0.228 e. The van der Waals surface area contributed by atoms with E-state index in [1.54, 1.807) is 7.11 Å². The Morgan fingerprint density at radius 1 is 1.23 bits per heavy atom. The van der Waals surface area contributed by atoms with Crippen molar-refractivity contribution in [1.29, 1.82) is 0 Å². The van der Waals surface area contributed by atoms with Gasteiger partial charge in [0.2, 0.25) is 11.8 Å². The van der Waals surface area contributed by atoms with Gasteiger partial charge in [-0.15, -0.1) is 0 Å². The van der Waals surface area contributed by atoms with Crippen LogP contribution in [0.4, 0.5) is 11.6 Å². The van der Waals surface area contributed by atoms with Crippen LogP contribution >= 0.6 is 0 Å². The van der Waals surface area contributed by atoms with Crippen molar-refractivity contribution in [3.63, 3.8) is 0 Å². The Hall–Kier alpha value is -2.30. The fourth-order valence-corrected chi connectivity index (χ4v) is 2.82.